The molecule has 1 atom stereocenters. The molecule has 0 saturated carbocycles. The van der Waals surface area contributed by atoms with Gasteiger partial charge in [-0.2, -0.15) is 5.10 Å². The van der Waals surface area contributed by atoms with E-state index in [4.69, 9.17) is 4.74 Å². The summed E-state index contributed by atoms with van der Waals surface area (Å²) in [6.45, 7) is 1.30. The lowest BCUT2D eigenvalue weighted by molar-refractivity contribution is 0.0781. The van der Waals surface area contributed by atoms with Gasteiger partial charge in [0.2, 0.25) is 0 Å². The maximum Gasteiger partial charge on any atom is 0.271 e. The Hall–Kier alpha value is -3.16. The number of benzene rings is 1. The number of H-pyrrole nitrogens is 1. The number of para-hydroxylation sites is 1. The number of amides is 1. The zero-order valence-corrected chi connectivity index (χ0v) is 13.8. The van der Waals surface area contributed by atoms with Gasteiger partial charge in [-0.3, -0.25) is 9.89 Å². The third-order valence-electron chi connectivity index (χ3n) is 4.46. The minimum Gasteiger partial charge on any atom is -0.496 e. The third-order valence-corrected chi connectivity index (χ3v) is 4.46. The Morgan fingerprint density at radius 2 is 2.24 bits per heavy atom. The molecule has 1 unspecified atom stereocenters. The summed E-state index contributed by atoms with van der Waals surface area (Å²) < 4.78 is 7.17. The van der Waals surface area contributed by atoms with Crippen molar-refractivity contribution in [2.75, 3.05) is 20.2 Å². The number of rotatable bonds is 4. The topological polar surface area (TPSA) is 88.9 Å². The zero-order chi connectivity index (χ0) is 17.2. The van der Waals surface area contributed by atoms with Crippen LogP contribution in [0.3, 0.4) is 0 Å². The van der Waals surface area contributed by atoms with Crippen LogP contribution in [0.1, 0.15) is 23.0 Å². The SMILES string of the molecule is COc1ccccc1-c1cc(C(=O)N2CCC(n3ccnn3)C2)[nH]n1. The maximum atomic E-state index is 12.7. The number of carbonyl (C=O) groups is 1. The highest BCUT2D eigenvalue weighted by Gasteiger charge is 2.29. The van der Waals surface area contributed by atoms with Crippen molar-refractivity contribution in [1.29, 1.82) is 0 Å². The van der Waals surface area contributed by atoms with Gasteiger partial charge in [0.15, 0.2) is 0 Å². The standard InChI is InChI=1S/C17H18N6O2/c1-25-16-5-3-2-4-13(16)14-10-15(20-19-14)17(24)22-8-6-12(11-22)23-9-7-18-21-23/h2-5,7,9-10,12H,6,8,11H2,1H3,(H,19,20). The molecule has 0 radical (unpaired) electrons. The minimum atomic E-state index is -0.0590. The molecule has 0 spiro atoms. The Bertz CT molecular complexity index is 873. The molecule has 8 nitrogen and oxygen atoms in total. The van der Waals surface area contributed by atoms with Crippen LogP contribution in [-0.2, 0) is 0 Å². The van der Waals surface area contributed by atoms with Crippen LogP contribution in [0.5, 0.6) is 5.75 Å². The largest absolute Gasteiger partial charge is 0.496 e. The van der Waals surface area contributed by atoms with Gasteiger partial charge in [0.1, 0.15) is 11.4 Å². The van der Waals surface area contributed by atoms with Crippen LogP contribution < -0.4 is 4.74 Å². The highest BCUT2D eigenvalue weighted by atomic mass is 16.5. The van der Waals surface area contributed by atoms with E-state index in [1.165, 1.54) is 0 Å². The number of likely N-dealkylation sites (tertiary alicyclic amines) is 1. The number of nitrogens with zero attached hydrogens (tertiary/aromatic N) is 5. The van der Waals surface area contributed by atoms with Gasteiger partial charge < -0.3 is 9.64 Å². The zero-order valence-electron chi connectivity index (χ0n) is 13.8. The number of nitrogens with one attached hydrogen (secondary N) is 1. The number of hydrogen-bond donors (Lipinski definition) is 1. The van der Waals surface area contributed by atoms with Gasteiger partial charge in [0, 0.05) is 24.8 Å². The van der Waals surface area contributed by atoms with Gasteiger partial charge in [0.05, 0.1) is 25.0 Å². The monoisotopic (exact) mass is 338 g/mol. The Kier molecular flexibility index (Phi) is 3.93. The van der Waals surface area contributed by atoms with Crippen LogP contribution in [0.4, 0.5) is 0 Å². The van der Waals surface area contributed by atoms with E-state index in [2.05, 4.69) is 20.5 Å². The lowest BCUT2D eigenvalue weighted by atomic mass is 10.1. The fraction of sp³-hybridized carbons (Fsp3) is 0.294. The van der Waals surface area contributed by atoms with Crippen molar-refractivity contribution in [2.24, 2.45) is 0 Å². The van der Waals surface area contributed by atoms with Crippen LogP contribution in [0.15, 0.2) is 42.7 Å². The molecule has 1 saturated heterocycles. The van der Waals surface area contributed by atoms with Crippen LogP contribution in [0, 0.1) is 0 Å². The molecule has 1 aromatic carbocycles. The van der Waals surface area contributed by atoms with E-state index >= 15 is 0 Å². The molecular weight excluding hydrogens is 320 g/mol. The summed E-state index contributed by atoms with van der Waals surface area (Å²) in [7, 11) is 1.62. The molecule has 128 valence electrons. The van der Waals surface area contributed by atoms with Crippen molar-refractivity contribution in [1.82, 2.24) is 30.1 Å². The maximum absolute atomic E-state index is 12.7. The van der Waals surface area contributed by atoms with Crippen LogP contribution in [-0.4, -0.2) is 56.2 Å². The molecule has 4 rings (SSSR count). The van der Waals surface area contributed by atoms with E-state index in [-0.39, 0.29) is 11.9 Å². The molecule has 1 aliphatic rings. The molecule has 2 aromatic heterocycles. The molecule has 8 heteroatoms. The van der Waals surface area contributed by atoms with Crippen molar-refractivity contribution in [3.63, 3.8) is 0 Å². The second kappa shape index (κ2) is 6.39. The number of aromatic nitrogens is 5. The van der Waals surface area contributed by atoms with Crippen LogP contribution in [0.25, 0.3) is 11.3 Å². The summed E-state index contributed by atoms with van der Waals surface area (Å²) in [5, 5.41) is 15.0. The normalized spacial score (nSPS) is 17.0. The first kappa shape index (κ1) is 15.4. The second-order valence-electron chi connectivity index (χ2n) is 5.94. The van der Waals surface area contributed by atoms with Crippen molar-refractivity contribution in [3.05, 3.63) is 48.4 Å². The predicted octanol–water partition coefficient (Wildman–Crippen LogP) is 1.76. The molecule has 1 N–H and O–H groups in total. The van der Waals surface area contributed by atoms with E-state index in [1.807, 2.05) is 35.4 Å². The Morgan fingerprint density at radius 3 is 3.04 bits per heavy atom. The molecule has 25 heavy (non-hydrogen) atoms. The highest BCUT2D eigenvalue weighted by Crippen LogP contribution is 2.29. The first-order valence-electron chi connectivity index (χ1n) is 8.10. The molecule has 3 aromatic rings. The summed E-state index contributed by atoms with van der Waals surface area (Å²) in [5.41, 5.74) is 2.01. The quantitative estimate of drug-likeness (QED) is 0.783. The summed E-state index contributed by atoms with van der Waals surface area (Å²) in [5.74, 6) is 0.664. The molecule has 1 aliphatic heterocycles. The molecule has 0 bridgehead atoms. The van der Waals surface area contributed by atoms with Crippen molar-refractivity contribution in [2.45, 2.75) is 12.5 Å². The molecular formula is C17H18N6O2. The van der Waals surface area contributed by atoms with Crippen molar-refractivity contribution < 1.29 is 9.53 Å². The Labute approximate surface area is 144 Å². The number of carbonyl (C=O) groups excluding carboxylic acids is 1. The summed E-state index contributed by atoms with van der Waals surface area (Å²) in [6.07, 6.45) is 4.34. The van der Waals surface area contributed by atoms with Gasteiger partial charge in [-0.05, 0) is 24.6 Å². The fourth-order valence-electron chi connectivity index (χ4n) is 3.15. The van der Waals surface area contributed by atoms with Crippen molar-refractivity contribution in [3.8, 4) is 17.0 Å². The number of ether oxygens (including phenoxy) is 1. The lowest BCUT2D eigenvalue weighted by Crippen LogP contribution is -2.29. The number of methoxy groups -OCH3 is 1. The Morgan fingerprint density at radius 1 is 1.36 bits per heavy atom. The molecule has 1 amide bonds. The van der Waals surface area contributed by atoms with Crippen molar-refractivity contribution >= 4 is 5.91 Å². The molecule has 3 heterocycles. The number of hydrogen-bond acceptors (Lipinski definition) is 5. The van der Waals surface area contributed by atoms with E-state index in [9.17, 15) is 4.79 Å². The smallest absolute Gasteiger partial charge is 0.271 e. The molecule has 1 fully saturated rings. The summed E-state index contributed by atoms with van der Waals surface area (Å²) >= 11 is 0. The predicted molar refractivity (Wildman–Crippen MR) is 90.2 cm³/mol. The minimum absolute atomic E-state index is 0.0590. The van der Waals surface area contributed by atoms with E-state index in [0.717, 1.165) is 17.7 Å². The second-order valence-corrected chi connectivity index (χ2v) is 5.94. The van der Waals surface area contributed by atoms with E-state index in [1.54, 1.807) is 24.1 Å². The van der Waals surface area contributed by atoms with Gasteiger partial charge in [-0.25, -0.2) is 4.68 Å². The van der Waals surface area contributed by atoms with Gasteiger partial charge in [-0.1, -0.05) is 17.3 Å². The van der Waals surface area contributed by atoms with Gasteiger partial charge in [-0.15, -0.1) is 5.10 Å². The van der Waals surface area contributed by atoms with Gasteiger partial charge in [0.25, 0.3) is 5.91 Å². The first-order chi connectivity index (χ1) is 12.3. The lowest BCUT2D eigenvalue weighted by Gasteiger charge is -2.15. The average Bonchev–Trinajstić information content (AvgIpc) is 3.41. The number of aromatic amines is 1. The average molecular weight is 338 g/mol. The van der Waals surface area contributed by atoms with Gasteiger partial charge >= 0.3 is 0 Å². The summed E-state index contributed by atoms with van der Waals surface area (Å²) in [6, 6.07) is 9.53. The molecule has 0 aliphatic carbocycles. The van der Waals surface area contributed by atoms with E-state index in [0.29, 0.717) is 24.5 Å². The van der Waals surface area contributed by atoms with Crippen LogP contribution in [0.2, 0.25) is 0 Å². The first-order valence-corrected chi connectivity index (χ1v) is 8.10. The summed E-state index contributed by atoms with van der Waals surface area (Å²) in [4.78, 5) is 14.6. The fourth-order valence-corrected chi connectivity index (χ4v) is 3.15. The Balaban J connectivity index is 1.51. The van der Waals surface area contributed by atoms with E-state index < -0.39 is 0 Å². The highest BCUT2D eigenvalue weighted by molar-refractivity contribution is 5.93. The van der Waals surface area contributed by atoms with Crippen LogP contribution >= 0.6 is 0 Å². The third kappa shape index (κ3) is 2.86.